The number of aromatic nitrogens is 1. The Bertz CT molecular complexity index is 884. The van der Waals surface area contributed by atoms with Crippen LogP contribution in [0.2, 0.25) is 5.02 Å². The summed E-state index contributed by atoms with van der Waals surface area (Å²) in [6.07, 6.45) is 10.3. The van der Waals surface area contributed by atoms with Crippen LogP contribution in [-0.4, -0.2) is 30.2 Å². The number of halogens is 1. The van der Waals surface area contributed by atoms with E-state index in [1.165, 1.54) is 12.8 Å². The van der Waals surface area contributed by atoms with E-state index in [2.05, 4.69) is 22.0 Å². The first-order valence-electron chi connectivity index (χ1n) is 9.54. The number of nitrogens with zero attached hydrogens (tertiary/aromatic N) is 1. The van der Waals surface area contributed by atoms with Crippen LogP contribution in [0.15, 0.2) is 36.5 Å². The lowest BCUT2D eigenvalue weighted by molar-refractivity contribution is -0.0214. The van der Waals surface area contributed by atoms with E-state index < -0.39 is 0 Å². The fraction of sp³-hybridized carbons (Fsp3) is 0.476. The van der Waals surface area contributed by atoms with Crippen molar-refractivity contribution in [1.29, 1.82) is 0 Å². The van der Waals surface area contributed by atoms with E-state index in [1.807, 2.05) is 24.4 Å². The number of rotatable bonds is 5. The molecule has 3 atom stereocenters. The summed E-state index contributed by atoms with van der Waals surface area (Å²) >= 11 is 6.43. The summed E-state index contributed by atoms with van der Waals surface area (Å²) < 4.78 is 7.46. The summed E-state index contributed by atoms with van der Waals surface area (Å²) in [5.74, 6) is 2.21. The minimum absolute atomic E-state index is 0.0270. The van der Waals surface area contributed by atoms with Gasteiger partial charge < -0.3 is 14.6 Å². The van der Waals surface area contributed by atoms with Crippen LogP contribution in [0.5, 0.6) is 0 Å². The zero-order chi connectivity index (χ0) is 17.7. The highest BCUT2D eigenvalue weighted by molar-refractivity contribution is 6.36. The molecule has 5 rings (SSSR count). The molecule has 3 aliphatic rings. The zero-order valence-corrected chi connectivity index (χ0v) is 15.4. The van der Waals surface area contributed by atoms with Crippen LogP contribution in [0.4, 0.5) is 0 Å². The SMILES string of the molecule is O=C(NCC[C@@H]1C[C@@H]2C=C[C@H]1C2)c1cn(C2COC2)c2cccc(Cl)c12. The van der Waals surface area contributed by atoms with Crippen LogP contribution in [0.25, 0.3) is 10.9 Å². The molecular formula is C21H23ClN2O2. The molecule has 1 aromatic carbocycles. The zero-order valence-electron chi connectivity index (χ0n) is 14.7. The van der Waals surface area contributed by atoms with E-state index in [0.717, 1.165) is 41.6 Å². The van der Waals surface area contributed by atoms with Gasteiger partial charge in [-0.15, -0.1) is 0 Å². The van der Waals surface area contributed by atoms with Gasteiger partial charge in [0.25, 0.3) is 5.91 Å². The highest BCUT2D eigenvalue weighted by atomic mass is 35.5. The minimum Gasteiger partial charge on any atom is -0.377 e. The van der Waals surface area contributed by atoms with E-state index in [1.54, 1.807) is 0 Å². The molecule has 0 radical (unpaired) electrons. The fourth-order valence-corrected chi connectivity index (χ4v) is 5.09. The maximum Gasteiger partial charge on any atom is 0.253 e. The molecule has 2 aromatic rings. The number of allylic oxidation sites excluding steroid dienone is 2. The Kier molecular flexibility index (Phi) is 4.06. The van der Waals surface area contributed by atoms with Crippen molar-refractivity contribution in [2.45, 2.75) is 25.3 Å². The summed E-state index contributed by atoms with van der Waals surface area (Å²) in [7, 11) is 0. The summed E-state index contributed by atoms with van der Waals surface area (Å²) in [6, 6.07) is 6.10. The number of ether oxygens (including phenoxy) is 1. The molecule has 4 nitrogen and oxygen atoms in total. The van der Waals surface area contributed by atoms with Crippen LogP contribution in [0, 0.1) is 17.8 Å². The molecule has 2 bridgehead atoms. The van der Waals surface area contributed by atoms with Gasteiger partial charge in [-0.05, 0) is 49.1 Å². The second-order valence-electron chi connectivity index (χ2n) is 7.86. The topological polar surface area (TPSA) is 43.3 Å². The van der Waals surface area contributed by atoms with Gasteiger partial charge in [0.1, 0.15) is 0 Å². The Labute approximate surface area is 158 Å². The molecule has 1 N–H and O–H groups in total. The lowest BCUT2D eigenvalue weighted by Gasteiger charge is -2.28. The molecule has 1 aliphatic heterocycles. The van der Waals surface area contributed by atoms with Crippen LogP contribution < -0.4 is 5.32 Å². The molecule has 2 heterocycles. The molecule has 0 spiro atoms. The first-order chi connectivity index (χ1) is 12.7. The van der Waals surface area contributed by atoms with Gasteiger partial charge in [0.15, 0.2) is 0 Å². The molecule has 1 saturated carbocycles. The summed E-state index contributed by atoms with van der Waals surface area (Å²) in [4.78, 5) is 12.9. The van der Waals surface area contributed by atoms with Crippen molar-refractivity contribution in [3.8, 4) is 0 Å². The number of carbonyl (C=O) groups excluding carboxylic acids is 1. The van der Waals surface area contributed by atoms with E-state index >= 15 is 0 Å². The van der Waals surface area contributed by atoms with Gasteiger partial charge in [0.05, 0.1) is 35.4 Å². The normalized spacial score (nSPS) is 27.2. The number of nitrogens with one attached hydrogen (secondary N) is 1. The van der Waals surface area contributed by atoms with E-state index in [9.17, 15) is 4.79 Å². The summed E-state index contributed by atoms with van der Waals surface area (Å²) in [6.45, 7) is 2.11. The largest absolute Gasteiger partial charge is 0.377 e. The third kappa shape index (κ3) is 2.67. The predicted octanol–water partition coefficient (Wildman–Crippen LogP) is 4.20. The van der Waals surface area contributed by atoms with Gasteiger partial charge in [-0.2, -0.15) is 0 Å². The van der Waals surface area contributed by atoms with Crippen molar-refractivity contribution in [2.75, 3.05) is 19.8 Å². The van der Waals surface area contributed by atoms with Crippen LogP contribution in [-0.2, 0) is 4.74 Å². The van der Waals surface area contributed by atoms with Crippen molar-refractivity contribution in [2.24, 2.45) is 17.8 Å². The quantitative estimate of drug-likeness (QED) is 0.801. The van der Waals surface area contributed by atoms with Crippen molar-refractivity contribution >= 4 is 28.4 Å². The first kappa shape index (κ1) is 16.4. The predicted molar refractivity (Wildman–Crippen MR) is 103 cm³/mol. The van der Waals surface area contributed by atoms with E-state index in [0.29, 0.717) is 29.8 Å². The molecule has 5 heteroatoms. The second-order valence-corrected chi connectivity index (χ2v) is 8.27. The number of hydrogen-bond acceptors (Lipinski definition) is 2. The number of fused-ring (bicyclic) bond motifs is 3. The lowest BCUT2D eigenvalue weighted by Crippen LogP contribution is -2.30. The smallest absolute Gasteiger partial charge is 0.253 e. The van der Waals surface area contributed by atoms with Crippen molar-refractivity contribution in [1.82, 2.24) is 9.88 Å². The minimum atomic E-state index is -0.0270. The van der Waals surface area contributed by atoms with Gasteiger partial charge in [-0.1, -0.05) is 29.8 Å². The molecule has 2 fully saturated rings. The third-order valence-electron chi connectivity index (χ3n) is 6.28. The van der Waals surface area contributed by atoms with Crippen molar-refractivity contribution < 1.29 is 9.53 Å². The van der Waals surface area contributed by atoms with Gasteiger partial charge in [0.2, 0.25) is 0 Å². The van der Waals surface area contributed by atoms with Crippen molar-refractivity contribution in [3.05, 3.63) is 47.1 Å². The molecular weight excluding hydrogens is 348 g/mol. The Morgan fingerprint density at radius 3 is 2.85 bits per heavy atom. The van der Waals surface area contributed by atoms with Gasteiger partial charge in [-0.3, -0.25) is 4.79 Å². The van der Waals surface area contributed by atoms with Gasteiger partial charge >= 0.3 is 0 Å². The first-order valence-corrected chi connectivity index (χ1v) is 9.92. The fourth-order valence-electron chi connectivity index (χ4n) is 4.82. The standard InChI is InChI=1S/C21H23ClN2O2/c22-18-2-1-3-19-20(18)17(10-24(19)16-11-26-12-16)21(25)23-7-6-15-9-13-4-5-14(15)8-13/h1-5,10,13-16H,6-9,11-12H2,(H,23,25)/t13-,14+,15-/m1/s1. The number of carbonyl (C=O) groups is 1. The Morgan fingerprint density at radius 1 is 1.27 bits per heavy atom. The molecule has 1 aromatic heterocycles. The molecule has 1 amide bonds. The maximum atomic E-state index is 12.9. The highest BCUT2D eigenvalue weighted by Crippen LogP contribution is 2.44. The Balaban J connectivity index is 1.33. The molecule has 136 valence electrons. The lowest BCUT2D eigenvalue weighted by atomic mass is 9.90. The third-order valence-corrected chi connectivity index (χ3v) is 6.60. The van der Waals surface area contributed by atoms with E-state index in [4.69, 9.17) is 16.3 Å². The van der Waals surface area contributed by atoms with Gasteiger partial charge in [0, 0.05) is 18.1 Å². The number of hydrogen-bond donors (Lipinski definition) is 1. The Morgan fingerprint density at radius 2 is 2.15 bits per heavy atom. The molecule has 0 unspecified atom stereocenters. The monoisotopic (exact) mass is 370 g/mol. The average Bonchev–Trinajstić information content (AvgIpc) is 3.28. The van der Waals surface area contributed by atoms with E-state index in [-0.39, 0.29) is 5.91 Å². The Hall–Kier alpha value is -1.78. The van der Waals surface area contributed by atoms with Crippen molar-refractivity contribution in [3.63, 3.8) is 0 Å². The second kappa shape index (κ2) is 6.43. The van der Waals surface area contributed by atoms with Gasteiger partial charge in [-0.25, -0.2) is 0 Å². The highest BCUT2D eigenvalue weighted by Gasteiger charge is 2.35. The average molecular weight is 371 g/mol. The summed E-state index contributed by atoms with van der Waals surface area (Å²) in [5, 5.41) is 4.60. The van der Waals surface area contributed by atoms with Crippen LogP contribution in [0.3, 0.4) is 0 Å². The maximum absolute atomic E-state index is 12.9. The molecule has 1 saturated heterocycles. The number of benzene rings is 1. The number of amides is 1. The summed E-state index contributed by atoms with van der Waals surface area (Å²) in [5.41, 5.74) is 1.68. The van der Waals surface area contributed by atoms with Crippen LogP contribution >= 0.6 is 11.6 Å². The molecule has 2 aliphatic carbocycles. The van der Waals surface area contributed by atoms with Crippen LogP contribution in [0.1, 0.15) is 35.7 Å². The molecule has 26 heavy (non-hydrogen) atoms.